The summed E-state index contributed by atoms with van der Waals surface area (Å²) in [7, 11) is 1.66. The largest absolute Gasteiger partial charge is 0.497 e. The minimum absolute atomic E-state index is 0.0680. The fourth-order valence-electron chi connectivity index (χ4n) is 3.68. The lowest BCUT2D eigenvalue weighted by Gasteiger charge is -2.32. The van der Waals surface area contributed by atoms with Crippen molar-refractivity contribution in [2.45, 2.75) is 18.8 Å². The molecule has 3 heterocycles. The molecule has 5 heteroatoms. The van der Waals surface area contributed by atoms with Gasteiger partial charge in [-0.25, -0.2) is 0 Å². The van der Waals surface area contributed by atoms with E-state index in [-0.39, 0.29) is 11.8 Å². The normalized spacial score (nSPS) is 16.6. The summed E-state index contributed by atoms with van der Waals surface area (Å²) in [5.41, 5.74) is 3.73. The van der Waals surface area contributed by atoms with Crippen LogP contribution in [0.1, 0.15) is 34.8 Å². The summed E-state index contributed by atoms with van der Waals surface area (Å²) >= 11 is 0. The molecular weight excluding hydrogens is 350 g/mol. The minimum Gasteiger partial charge on any atom is -0.497 e. The molecule has 142 valence electrons. The molecule has 4 rings (SSSR count). The molecule has 3 aromatic rings. The van der Waals surface area contributed by atoms with Crippen LogP contribution in [0.3, 0.4) is 0 Å². The van der Waals surface area contributed by atoms with Gasteiger partial charge in [0.15, 0.2) is 0 Å². The number of rotatable bonds is 4. The molecule has 0 unspecified atom stereocenters. The molecule has 1 atom stereocenters. The highest BCUT2D eigenvalue weighted by Crippen LogP contribution is 2.29. The number of benzene rings is 1. The lowest BCUT2D eigenvalue weighted by molar-refractivity contribution is 0.0706. The van der Waals surface area contributed by atoms with Gasteiger partial charge in [0.1, 0.15) is 5.75 Å². The highest BCUT2D eigenvalue weighted by Gasteiger charge is 2.26. The second kappa shape index (κ2) is 8.21. The lowest BCUT2D eigenvalue weighted by atomic mass is 9.93. The maximum absolute atomic E-state index is 12.8. The third-order valence-electron chi connectivity index (χ3n) is 5.21. The van der Waals surface area contributed by atoms with Crippen LogP contribution in [-0.2, 0) is 0 Å². The third-order valence-corrected chi connectivity index (χ3v) is 5.21. The van der Waals surface area contributed by atoms with Crippen LogP contribution in [0.2, 0.25) is 0 Å². The van der Waals surface area contributed by atoms with Crippen LogP contribution >= 0.6 is 0 Å². The second-order valence-electron chi connectivity index (χ2n) is 7.00. The molecule has 0 N–H and O–H groups in total. The number of nitrogens with zero attached hydrogens (tertiary/aromatic N) is 3. The average molecular weight is 373 g/mol. The van der Waals surface area contributed by atoms with E-state index in [1.54, 1.807) is 31.6 Å². The Bertz CT molecular complexity index is 942. The summed E-state index contributed by atoms with van der Waals surface area (Å²) in [6.45, 7) is 1.48. The van der Waals surface area contributed by atoms with Crippen molar-refractivity contribution in [3.63, 3.8) is 0 Å². The van der Waals surface area contributed by atoms with Gasteiger partial charge in [-0.05, 0) is 61.4 Å². The second-order valence-corrected chi connectivity index (χ2v) is 7.00. The number of hydrogen-bond donors (Lipinski definition) is 0. The number of piperidine rings is 1. The van der Waals surface area contributed by atoms with Gasteiger partial charge in [-0.1, -0.05) is 6.07 Å². The molecule has 0 aliphatic carbocycles. The number of pyridine rings is 2. The zero-order valence-electron chi connectivity index (χ0n) is 15.9. The first kappa shape index (κ1) is 18.2. The van der Waals surface area contributed by atoms with Crippen molar-refractivity contribution in [2.75, 3.05) is 20.2 Å². The minimum atomic E-state index is 0.0680. The topological polar surface area (TPSA) is 55.3 Å². The van der Waals surface area contributed by atoms with Gasteiger partial charge in [0.25, 0.3) is 5.91 Å². The number of ether oxygens (including phenoxy) is 1. The molecule has 1 aliphatic rings. The quantitative estimate of drug-likeness (QED) is 0.689. The number of amides is 1. The Kier molecular flexibility index (Phi) is 5.33. The number of likely N-dealkylation sites (tertiary alicyclic amines) is 1. The van der Waals surface area contributed by atoms with E-state index in [0.29, 0.717) is 12.1 Å². The number of hydrogen-bond acceptors (Lipinski definition) is 4. The molecule has 1 saturated heterocycles. The molecule has 1 fully saturated rings. The fraction of sp³-hybridized carbons (Fsp3) is 0.261. The molecule has 0 bridgehead atoms. The first-order valence-corrected chi connectivity index (χ1v) is 9.55. The van der Waals surface area contributed by atoms with E-state index in [1.165, 1.54) is 0 Å². The molecular formula is C23H23N3O2. The van der Waals surface area contributed by atoms with E-state index in [2.05, 4.69) is 11.1 Å². The molecule has 1 aromatic carbocycles. The fourth-order valence-corrected chi connectivity index (χ4v) is 3.68. The SMILES string of the molecule is COc1ccc(-c2cccc([C@H]3CCCN(C(=O)c4ccncc4)C3)n2)cc1. The molecule has 28 heavy (non-hydrogen) atoms. The Labute approximate surface area is 165 Å². The maximum atomic E-state index is 12.8. The van der Waals surface area contributed by atoms with Crippen molar-refractivity contribution in [1.29, 1.82) is 0 Å². The first-order valence-electron chi connectivity index (χ1n) is 9.55. The van der Waals surface area contributed by atoms with E-state index in [9.17, 15) is 4.79 Å². The van der Waals surface area contributed by atoms with Gasteiger partial charge in [-0.3, -0.25) is 14.8 Å². The monoisotopic (exact) mass is 373 g/mol. The number of methoxy groups -OCH3 is 1. The predicted molar refractivity (Wildman–Crippen MR) is 108 cm³/mol. The Morgan fingerprint density at radius 1 is 1.07 bits per heavy atom. The first-order chi connectivity index (χ1) is 13.7. The summed E-state index contributed by atoms with van der Waals surface area (Å²) in [6.07, 6.45) is 5.35. The number of carbonyl (C=O) groups excluding carboxylic acids is 1. The van der Waals surface area contributed by atoms with Gasteiger partial charge in [0, 0.05) is 48.2 Å². The van der Waals surface area contributed by atoms with Gasteiger partial charge in [0.2, 0.25) is 0 Å². The zero-order valence-corrected chi connectivity index (χ0v) is 15.9. The van der Waals surface area contributed by atoms with Crippen molar-refractivity contribution in [3.8, 4) is 17.0 Å². The summed E-state index contributed by atoms with van der Waals surface area (Å²) in [5, 5.41) is 0. The van der Waals surface area contributed by atoms with Crippen molar-refractivity contribution in [2.24, 2.45) is 0 Å². The third kappa shape index (κ3) is 3.88. The van der Waals surface area contributed by atoms with Crippen molar-refractivity contribution < 1.29 is 9.53 Å². The highest BCUT2D eigenvalue weighted by molar-refractivity contribution is 5.94. The van der Waals surface area contributed by atoms with E-state index in [1.807, 2.05) is 41.3 Å². The zero-order chi connectivity index (χ0) is 19.3. The van der Waals surface area contributed by atoms with Gasteiger partial charge < -0.3 is 9.64 Å². The van der Waals surface area contributed by atoms with Crippen molar-refractivity contribution in [3.05, 3.63) is 78.2 Å². The maximum Gasteiger partial charge on any atom is 0.253 e. The van der Waals surface area contributed by atoms with Gasteiger partial charge in [0.05, 0.1) is 12.8 Å². The molecule has 2 aromatic heterocycles. The Balaban J connectivity index is 1.53. The van der Waals surface area contributed by atoms with Crippen LogP contribution in [0.15, 0.2) is 67.0 Å². The Hall–Kier alpha value is -3.21. The van der Waals surface area contributed by atoms with Crippen LogP contribution in [0.5, 0.6) is 5.75 Å². The van der Waals surface area contributed by atoms with Gasteiger partial charge in [-0.2, -0.15) is 0 Å². The van der Waals surface area contributed by atoms with Crippen LogP contribution in [0, 0.1) is 0 Å². The van der Waals surface area contributed by atoms with Gasteiger partial charge in [-0.15, -0.1) is 0 Å². The van der Waals surface area contributed by atoms with Gasteiger partial charge >= 0.3 is 0 Å². The van der Waals surface area contributed by atoms with E-state index in [0.717, 1.165) is 42.1 Å². The smallest absolute Gasteiger partial charge is 0.253 e. The van der Waals surface area contributed by atoms with Crippen molar-refractivity contribution >= 4 is 5.91 Å². The summed E-state index contributed by atoms with van der Waals surface area (Å²) < 4.78 is 5.23. The van der Waals surface area contributed by atoms with E-state index >= 15 is 0 Å². The summed E-state index contributed by atoms with van der Waals surface area (Å²) in [5.74, 6) is 1.15. The number of carbonyl (C=O) groups is 1. The van der Waals surface area contributed by atoms with Crippen molar-refractivity contribution in [1.82, 2.24) is 14.9 Å². The van der Waals surface area contributed by atoms with Crippen LogP contribution in [0.4, 0.5) is 0 Å². The standard InChI is InChI=1S/C23H23N3O2/c1-28-20-9-7-17(8-10-20)21-5-2-6-22(25-21)19-4-3-15-26(16-19)23(27)18-11-13-24-14-12-18/h2,5-14,19H,3-4,15-16H2,1H3/t19-/m0/s1. The average Bonchev–Trinajstić information content (AvgIpc) is 2.79. The Morgan fingerprint density at radius 3 is 2.61 bits per heavy atom. The molecule has 0 spiro atoms. The highest BCUT2D eigenvalue weighted by atomic mass is 16.5. The Morgan fingerprint density at radius 2 is 1.86 bits per heavy atom. The van der Waals surface area contributed by atoms with Crippen LogP contribution < -0.4 is 4.74 Å². The summed E-state index contributed by atoms with van der Waals surface area (Å²) in [6, 6.07) is 17.6. The summed E-state index contributed by atoms with van der Waals surface area (Å²) in [4.78, 5) is 23.6. The van der Waals surface area contributed by atoms with Crippen LogP contribution in [0.25, 0.3) is 11.3 Å². The lowest BCUT2D eigenvalue weighted by Crippen LogP contribution is -2.39. The number of aromatic nitrogens is 2. The molecule has 5 nitrogen and oxygen atoms in total. The van der Waals surface area contributed by atoms with E-state index < -0.39 is 0 Å². The molecule has 1 amide bonds. The van der Waals surface area contributed by atoms with Crippen LogP contribution in [-0.4, -0.2) is 41.0 Å². The van der Waals surface area contributed by atoms with E-state index in [4.69, 9.17) is 9.72 Å². The predicted octanol–water partition coefficient (Wildman–Crippen LogP) is 4.17. The molecule has 0 radical (unpaired) electrons. The molecule has 1 aliphatic heterocycles. The molecule has 0 saturated carbocycles.